The smallest absolute Gasteiger partial charge is 0.113 e. The molecular weight excluding hydrogens is 254 g/mol. The number of likely N-dealkylation sites (tertiary alicyclic amines) is 1. The molecular formula is C15H27N3S. The fraction of sp³-hybridized carbons (Fsp3) is 0.800. The molecule has 0 amide bonds. The summed E-state index contributed by atoms with van der Waals surface area (Å²) in [4.78, 5) is 7.33. The van der Waals surface area contributed by atoms with E-state index < -0.39 is 0 Å². The van der Waals surface area contributed by atoms with Crippen LogP contribution in [0.15, 0.2) is 5.38 Å². The van der Waals surface area contributed by atoms with Gasteiger partial charge in [-0.1, -0.05) is 13.8 Å². The van der Waals surface area contributed by atoms with Crippen molar-refractivity contribution < 1.29 is 0 Å². The third-order valence-electron chi connectivity index (χ3n) is 4.18. The molecule has 2 N–H and O–H groups in total. The van der Waals surface area contributed by atoms with Crippen LogP contribution in [0.25, 0.3) is 0 Å². The van der Waals surface area contributed by atoms with Crippen molar-refractivity contribution in [2.45, 2.75) is 64.5 Å². The van der Waals surface area contributed by atoms with E-state index in [2.05, 4.69) is 38.0 Å². The van der Waals surface area contributed by atoms with Gasteiger partial charge in [0.25, 0.3) is 0 Å². The van der Waals surface area contributed by atoms with Gasteiger partial charge in [0.1, 0.15) is 5.01 Å². The topological polar surface area (TPSA) is 42.1 Å². The van der Waals surface area contributed by atoms with Crippen LogP contribution in [0, 0.1) is 0 Å². The molecule has 1 aromatic heterocycles. The minimum Gasteiger partial charge on any atom is -0.319 e. The molecule has 0 aliphatic carbocycles. The Morgan fingerprint density at radius 1 is 1.26 bits per heavy atom. The largest absolute Gasteiger partial charge is 0.319 e. The average Bonchev–Trinajstić information content (AvgIpc) is 2.75. The molecule has 1 aliphatic heterocycles. The summed E-state index contributed by atoms with van der Waals surface area (Å²) < 4.78 is 0. The van der Waals surface area contributed by atoms with Crippen molar-refractivity contribution in [2.75, 3.05) is 13.1 Å². The summed E-state index contributed by atoms with van der Waals surface area (Å²) in [5.41, 5.74) is 7.66. The highest BCUT2D eigenvalue weighted by Crippen LogP contribution is 2.34. The van der Waals surface area contributed by atoms with Crippen molar-refractivity contribution in [3.8, 4) is 0 Å². The number of nitrogens with two attached hydrogens (primary N) is 1. The number of hydrogen-bond acceptors (Lipinski definition) is 4. The Balaban J connectivity index is 2.13. The highest BCUT2D eigenvalue weighted by molar-refractivity contribution is 7.09. The van der Waals surface area contributed by atoms with Crippen molar-refractivity contribution in [1.82, 2.24) is 9.88 Å². The maximum Gasteiger partial charge on any atom is 0.113 e. The zero-order valence-corrected chi connectivity index (χ0v) is 13.5. The highest BCUT2D eigenvalue weighted by atomic mass is 32.1. The van der Waals surface area contributed by atoms with Crippen LogP contribution in [0.3, 0.4) is 0 Å². The molecule has 1 aromatic rings. The summed E-state index contributed by atoms with van der Waals surface area (Å²) in [5.74, 6) is 0.492. The lowest BCUT2D eigenvalue weighted by Crippen LogP contribution is -2.38. The Labute approximate surface area is 121 Å². The second kappa shape index (κ2) is 5.90. The molecule has 0 aromatic carbocycles. The number of thiazole rings is 1. The molecule has 1 fully saturated rings. The van der Waals surface area contributed by atoms with Crippen LogP contribution in [-0.4, -0.2) is 29.0 Å². The summed E-state index contributed by atoms with van der Waals surface area (Å²) in [6.45, 7) is 11.2. The van der Waals surface area contributed by atoms with E-state index in [4.69, 9.17) is 10.7 Å². The second-order valence-electron chi connectivity index (χ2n) is 6.37. The lowest BCUT2D eigenvalue weighted by atomic mass is 9.92. The third kappa shape index (κ3) is 3.36. The highest BCUT2D eigenvalue weighted by Gasteiger charge is 2.33. The van der Waals surface area contributed by atoms with Gasteiger partial charge in [-0.2, -0.15) is 0 Å². The van der Waals surface area contributed by atoms with Crippen molar-refractivity contribution in [3.63, 3.8) is 0 Å². The van der Waals surface area contributed by atoms with E-state index in [1.807, 2.05) is 0 Å². The van der Waals surface area contributed by atoms with Crippen molar-refractivity contribution in [2.24, 2.45) is 5.73 Å². The van der Waals surface area contributed by atoms with Gasteiger partial charge >= 0.3 is 0 Å². The molecule has 2 heterocycles. The average molecular weight is 281 g/mol. The van der Waals surface area contributed by atoms with Gasteiger partial charge in [-0.25, -0.2) is 4.98 Å². The van der Waals surface area contributed by atoms with Gasteiger partial charge in [-0.05, 0) is 45.6 Å². The van der Waals surface area contributed by atoms with Gasteiger partial charge in [0.15, 0.2) is 0 Å². The van der Waals surface area contributed by atoms with Crippen LogP contribution < -0.4 is 5.73 Å². The Morgan fingerprint density at radius 2 is 2.00 bits per heavy atom. The maximum atomic E-state index is 6.68. The summed E-state index contributed by atoms with van der Waals surface area (Å²) in [6, 6.07) is 0.616. The first-order valence-corrected chi connectivity index (χ1v) is 8.29. The lowest BCUT2D eigenvalue weighted by Gasteiger charge is -2.27. The first kappa shape index (κ1) is 14.9. The molecule has 4 heteroatoms. The Morgan fingerprint density at radius 3 is 2.58 bits per heavy atom. The molecule has 1 aliphatic rings. The van der Waals surface area contributed by atoms with E-state index in [1.165, 1.54) is 18.7 Å². The van der Waals surface area contributed by atoms with Crippen LogP contribution in [0.4, 0.5) is 0 Å². The Kier molecular flexibility index (Phi) is 4.64. The van der Waals surface area contributed by atoms with E-state index in [0.717, 1.165) is 24.4 Å². The molecule has 1 saturated heterocycles. The zero-order chi connectivity index (χ0) is 14.0. The monoisotopic (exact) mass is 281 g/mol. The molecule has 1 atom stereocenters. The predicted molar refractivity (Wildman–Crippen MR) is 82.6 cm³/mol. The number of hydrogen-bond donors (Lipinski definition) is 1. The number of aromatic nitrogens is 1. The normalized spacial score (nSPS) is 26.1. The lowest BCUT2D eigenvalue weighted by molar-refractivity contribution is 0.225. The van der Waals surface area contributed by atoms with Crippen molar-refractivity contribution in [1.29, 1.82) is 0 Å². The second-order valence-corrected chi connectivity index (χ2v) is 7.23. The standard InChI is InChI=1S/C15H27N3S/c1-11(2)13-10-19-14(17-13)15(16)6-5-8-18(9-7-15)12(3)4/h10-12H,5-9,16H2,1-4H3. The zero-order valence-electron chi connectivity index (χ0n) is 12.6. The SMILES string of the molecule is CC(C)c1csc(C2(N)CCCN(C(C)C)CC2)n1. The number of nitrogens with zero attached hydrogens (tertiary/aromatic N) is 2. The van der Waals surface area contributed by atoms with Crippen LogP contribution in [0.2, 0.25) is 0 Å². The van der Waals surface area contributed by atoms with Crippen LogP contribution >= 0.6 is 11.3 Å². The number of rotatable bonds is 3. The molecule has 0 bridgehead atoms. The van der Waals surface area contributed by atoms with Gasteiger partial charge in [-0.3, -0.25) is 0 Å². The third-order valence-corrected chi connectivity index (χ3v) is 5.26. The minimum atomic E-state index is -0.207. The summed E-state index contributed by atoms with van der Waals surface area (Å²) >= 11 is 1.75. The predicted octanol–water partition coefficient (Wildman–Crippen LogP) is 3.31. The minimum absolute atomic E-state index is 0.207. The quantitative estimate of drug-likeness (QED) is 0.924. The molecule has 3 nitrogen and oxygen atoms in total. The maximum absolute atomic E-state index is 6.68. The van der Waals surface area contributed by atoms with Crippen molar-refractivity contribution >= 4 is 11.3 Å². The molecule has 1 unspecified atom stereocenters. The first-order chi connectivity index (χ1) is 8.92. The molecule has 19 heavy (non-hydrogen) atoms. The summed E-state index contributed by atoms with van der Waals surface area (Å²) in [6.07, 6.45) is 3.25. The van der Waals surface area contributed by atoms with E-state index in [9.17, 15) is 0 Å². The first-order valence-electron chi connectivity index (χ1n) is 7.41. The Hall–Kier alpha value is -0.450. The van der Waals surface area contributed by atoms with E-state index in [-0.39, 0.29) is 5.54 Å². The van der Waals surface area contributed by atoms with E-state index >= 15 is 0 Å². The fourth-order valence-electron chi connectivity index (χ4n) is 2.69. The molecule has 108 valence electrons. The van der Waals surface area contributed by atoms with Gasteiger partial charge in [0.2, 0.25) is 0 Å². The fourth-order valence-corrected chi connectivity index (χ4v) is 3.84. The molecule has 0 spiro atoms. The van der Waals surface area contributed by atoms with Crippen molar-refractivity contribution in [3.05, 3.63) is 16.1 Å². The van der Waals surface area contributed by atoms with Gasteiger partial charge in [0.05, 0.1) is 11.2 Å². The summed E-state index contributed by atoms with van der Waals surface area (Å²) in [7, 11) is 0. The van der Waals surface area contributed by atoms with E-state index in [0.29, 0.717) is 12.0 Å². The molecule has 2 rings (SSSR count). The van der Waals surface area contributed by atoms with Crippen LogP contribution in [-0.2, 0) is 5.54 Å². The molecule has 0 saturated carbocycles. The van der Waals surface area contributed by atoms with Crippen LogP contribution in [0.1, 0.15) is 63.6 Å². The van der Waals surface area contributed by atoms with Gasteiger partial charge in [0, 0.05) is 18.0 Å². The Bertz CT molecular complexity index is 413. The summed E-state index contributed by atoms with van der Waals surface area (Å²) in [5, 5.41) is 3.32. The van der Waals surface area contributed by atoms with E-state index in [1.54, 1.807) is 11.3 Å². The van der Waals surface area contributed by atoms with Gasteiger partial charge in [-0.15, -0.1) is 11.3 Å². The van der Waals surface area contributed by atoms with Gasteiger partial charge < -0.3 is 10.6 Å². The molecule has 0 radical (unpaired) electrons. The van der Waals surface area contributed by atoms with Crippen LogP contribution in [0.5, 0.6) is 0 Å².